The zero-order valence-electron chi connectivity index (χ0n) is 12.6. The Hall–Kier alpha value is -2.14. The molecule has 2 aromatic rings. The molecule has 0 spiro atoms. The largest absolute Gasteiger partial charge is 0.475 e. The van der Waals surface area contributed by atoms with Crippen LogP contribution in [0, 0.1) is 0 Å². The Morgan fingerprint density at radius 3 is 2.62 bits per heavy atom. The van der Waals surface area contributed by atoms with Crippen molar-refractivity contribution >= 4 is 5.82 Å². The highest BCUT2D eigenvalue weighted by molar-refractivity contribution is 5.41. The van der Waals surface area contributed by atoms with E-state index in [4.69, 9.17) is 10.5 Å². The van der Waals surface area contributed by atoms with Crippen molar-refractivity contribution in [1.82, 2.24) is 9.97 Å². The Morgan fingerprint density at radius 1 is 1.19 bits per heavy atom. The second-order valence-electron chi connectivity index (χ2n) is 5.08. The molecule has 0 bridgehead atoms. The second kappa shape index (κ2) is 7.59. The molecule has 0 saturated carbocycles. The lowest BCUT2D eigenvalue weighted by Gasteiger charge is -2.23. The van der Waals surface area contributed by atoms with Gasteiger partial charge in [0.25, 0.3) is 0 Å². The monoisotopic (exact) mass is 286 g/mol. The summed E-state index contributed by atoms with van der Waals surface area (Å²) < 4.78 is 5.62. The Labute approximate surface area is 125 Å². The van der Waals surface area contributed by atoms with Crippen LogP contribution >= 0.6 is 0 Å². The second-order valence-corrected chi connectivity index (χ2v) is 5.08. The quantitative estimate of drug-likeness (QED) is 0.845. The SMILES string of the molecule is CC(C)Oc1cc(N(CCN)Cc2ccccc2)ncn1. The van der Waals surface area contributed by atoms with E-state index in [1.54, 1.807) is 0 Å². The zero-order chi connectivity index (χ0) is 15.1. The van der Waals surface area contributed by atoms with Gasteiger partial charge in [0.2, 0.25) is 5.88 Å². The molecule has 5 heteroatoms. The highest BCUT2D eigenvalue weighted by Crippen LogP contribution is 2.18. The van der Waals surface area contributed by atoms with E-state index in [0.717, 1.165) is 18.9 Å². The number of aromatic nitrogens is 2. The van der Waals surface area contributed by atoms with Crippen LogP contribution in [0.2, 0.25) is 0 Å². The first-order valence-corrected chi connectivity index (χ1v) is 7.16. The molecule has 112 valence electrons. The van der Waals surface area contributed by atoms with Crippen LogP contribution in [0.4, 0.5) is 5.82 Å². The fraction of sp³-hybridized carbons (Fsp3) is 0.375. The van der Waals surface area contributed by atoms with Crippen molar-refractivity contribution in [2.24, 2.45) is 5.73 Å². The summed E-state index contributed by atoms with van der Waals surface area (Å²) in [6, 6.07) is 12.1. The molecule has 0 aliphatic carbocycles. The van der Waals surface area contributed by atoms with Gasteiger partial charge in [-0.1, -0.05) is 30.3 Å². The molecule has 0 amide bonds. The van der Waals surface area contributed by atoms with Crippen molar-refractivity contribution in [2.45, 2.75) is 26.5 Å². The van der Waals surface area contributed by atoms with Crippen molar-refractivity contribution in [1.29, 1.82) is 0 Å². The minimum absolute atomic E-state index is 0.0878. The van der Waals surface area contributed by atoms with Gasteiger partial charge in [0, 0.05) is 25.7 Å². The van der Waals surface area contributed by atoms with Gasteiger partial charge in [-0.3, -0.25) is 0 Å². The summed E-state index contributed by atoms with van der Waals surface area (Å²) in [7, 11) is 0. The third kappa shape index (κ3) is 4.72. The molecular formula is C16H22N4O. The minimum atomic E-state index is 0.0878. The first-order valence-electron chi connectivity index (χ1n) is 7.16. The van der Waals surface area contributed by atoms with E-state index in [2.05, 4.69) is 27.0 Å². The third-order valence-electron chi connectivity index (χ3n) is 2.92. The van der Waals surface area contributed by atoms with Crippen molar-refractivity contribution < 1.29 is 4.74 Å². The number of anilines is 1. The van der Waals surface area contributed by atoms with Crippen LogP contribution in [0.5, 0.6) is 5.88 Å². The van der Waals surface area contributed by atoms with E-state index >= 15 is 0 Å². The highest BCUT2D eigenvalue weighted by atomic mass is 16.5. The van der Waals surface area contributed by atoms with E-state index in [1.807, 2.05) is 38.1 Å². The maximum absolute atomic E-state index is 5.72. The molecule has 5 nitrogen and oxygen atoms in total. The fourth-order valence-corrected chi connectivity index (χ4v) is 2.04. The van der Waals surface area contributed by atoms with Crippen LogP contribution in [0.3, 0.4) is 0 Å². The van der Waals surface area contributed by atoms with Crippen molar-refractivity contribution in [3.63, 3.8) is 0 Å². The molecule has 1 heterocycles. The van der Waals surface area contributed by atoms with Crippen LogP contribution in [-0.2, 0) is 6.54 Å². The summed E-state index contributed by atoms with van der Waals surface area (Å²) >= 11 is 0. The molecule has 0 radical (unpaired) electrons. The summed E-state index contributed by atoms with van der Waals surface area (Å²) in [6.07, 6.45) is 1.62. The predicted molar refractivity (Wildman–Crippen MR) is 84.3 cm³/mol. The van der Waals surface area contributed by atoms with E-state index in [1.165, 1.54) is 11.9 Å². The number of benzene rings is 1. The van der Waals surface area contributed by atoms with Gasteiger partial charge in [-0.2, -0.15) is 0 Å². The Balaban J connectivity index is 2.17. The summed E-state index contributed by atoms with van der Waals surface area (Å²) in [5.74, 6) is 1.42. The van der Waals surface area contributed by atoms with Crippen LogP contribution in [-0.4, -0.2) is 29.2 Å². The van der Waals surface area contributed by atoms with Gasteiger partial charge < -0.3 is 15.4 Å². The lowest BCUT2D eigenvalue weighted by molar-refractivity contribution is 0.232. The Kier molecular flexibility index (Phi) is 5.51. The molecule has 0 fully saturated rings. The number of hydrogen-bond acceptors (Lipinski definition) is 5. The smallest absolute Gasteiger partial charge is 0.218 e. The summed E-state index contributed by atoms with van der Waals surface area (Å²) in [6.45, 7) is 6.01. The maximum atomic E-state index is 5.72. The first kappa shape index (κ1) is 15.3. The van der Waals surface area contributed by atoms with Gasteiger partial charge in [-0.25, -0.2) is 9.97 Å². The Bertz CT molecular complexity index is 545. The fourth-order valence-electron chi connectivity index (χ4n) is 2.04. The molecule has 0 atom stereocenters. The average Bonchev–Trinajstić information content (AvgIpc) is 2.47. The van der Waals surface area contributed by atoms with Gasteiger partial charge in [-0.15, -0.1) is 0 Å². The average molecular weight is 286 g/mol. The standard InChI is InChI=1S/C16H22N4O/c1-13(2)21-16-10-15(18-12-19-16)20(9-8-17)11-14-6-4-3-5-7-14/h3-7,10,12-13H,8-9,11,17H2,1-2H3. The topological polar surface area (TPSA) is 64.3 Å². The summed E-state index contributed by atoms with van der Waals surface area (Å²) in [5, 5.41) is 0. The van der Waals surface area contributed by atoms with Gasteiger partial charge in [0.05, 0.1) is 6.10 Å². The van der Waals surface area contributed by atoms with E-state index < -0.39 is 0 Å². The van der Waals surface area contributed by atoms with Crippen molar-refractivity contribution in [3.05, 3.63) is 48.3 Å². The van der Waals surface area contributed by atoms with Gasteiger partial charge in [0.15, 0.2) is 0 Å². The van der Waals surface area contributed by atoms with Crippen LogP contribution in [0.1, 0.15) is 19.4 Å². The minimum Gasteiger partial charge on any atom is -0.475 e. The van der Waals surface area contributed by atoms with E-state index in [0.29, 0.717) is 12.4 Å². The number of hydrogen-bond donors (Lipinski definition) is 1. The number of rotatable bonds is 7. The molecule has 0 aliphatic heterocycles. The predicted octanol–water partition coefficient (Wildman–Crippen LogP) is 2.23. The molecule has 0 aliphatic rings. The lowest BCUT2D eigenvalue weighted by atomic mass is 10.2. The van der Waals surface area contributed by atoms with E-state index in [9.17, 15) is 0 Å². The normalized spacial score (nSPS) is 10.7. The van der Waals surface area contributed by atoms with Gasteiger partial charge >= 0.3 is 0 Å². The van der Waals surface area contributed by atoms with Gasteiger partial charge in [-0.05, 0) is 19.4 Å². The van der Waals surface area contributed by atoms with E-state index in [-0.39, 0.29) is 6.10 Å². The molecule has 0 saturated heterocycles. The summed E-state index contributed by atoms with van der Waals surface area (Å²) in [5.41, 5.74) is 6.94. The number of nitrogens with two attached hydrogens (primary N) is 1. The number of nitrogens with zero attached hydrogens (tertiary/aromatic N) is 3. The molecule has 1 aromatic heterocycles. The van der Waals surface area contributed by atoms with Gasteiger partial charge in [0.1, 0.15) is 12.1 Å². The molecule has 1 aromatic carbocycles. The third-order valence-corrected chi connectivity index (χ3v) is 2.92. The molecule has 0 unspecified atom stereocenters. The molecule has 2 rings (SSSR count). The maximum Gasteiger partial charge on any atom is 0.218 e. The molecule has 2 N–H and O–H groups in total. The number of ether oxygens (including phenoxy) is 1. The molecule has 21 heavy (non-hydrogen) atoms. The highest BCUT2D eigenvalue weighted by Gasteiger charge is 2.10. The zero-order valence-corrected chi connectivity index (χ0v) is 12.6. The van der Waals surface area contributed by atoms with Crippen molar-refractivity contribution in [2.75, 3.05) is 18.0 Å². The van der Waals surface area contributed by atoms with Crippen LogP contribution < -0.4 is 15.4 Å². The van der Waals surface area contributed by atoms with Crippen LogP contribution in [0.25, 0.3) is 0 Å². The first-order chi connectivity index (χ1) is 10.2. The lowest BCUT2D eigenvalue weighted by Crippen LogP contribution is -2.29. The Morgan fingerprint density at radius 2 is 1.95 bits per heavy atom. The van der Waals surface area contributed by atoms with Crippen LogP contribution in [0.15, 0.2) is 42.7 Å². The van der Waals surface area contributed by atoms with Crippen molar-refractivity contribution in [3.8, 4) is 5.88 Å². The summed E-state index contributed by atoms with van der Waals surface area (Å²) in [4.78, 5) is 10.6. The molecular weight excluding hydrogens is 264 g/mol.